The SMILES string of the molecule is C=C1C=C2[C@@]3(C)C=C(C#N)C(=O)C(C)(C)[C@@H]3CC[C@@]2(C)[C@]2(C)CC[C@@]3(NC(=O)c4ccccc4)CC[C@H](C)CC3C12. The molecule has 3 saturated carbocycles. The van der Waals surface area contributed by atoms with Crippen LogP contribution in [0.4, 0.5) is 0 Å². The van der Waals surface area contributed by atoms with E-state index < -0.39 is 5.41 Å². The maximum absolute atomic E-state index is 13.6. The Labute approximate surface area is 246 Å². The van der Waals surface area contributed by atoms with Gasteiger partial charge in [0.25, 0.3) is 5.91 Å². The minimum atomic E-state index is -0.585. The number of nitrogens with one attached hydrogen (secondary N) is 1. The van der Waals surface area contributed by atoms with E-state index in [1.807, 2.05) is 50.3 Å². The van der Waals surface area contributed by atoms with Crippen LogP contribution in [0.2, 0.25) is 0 Å². The third-order valence-corrected chi connectivity index (χ3v) is 13.1. The summed E-state index contributed by atoms with van der Waals surface area (Å²) < 4.78 is 0. The summed E-state index contributed by atoms with van der Waals surface area (Å²) in [5, 5.41) is 13.6. The Bertz CT molecular complexity index is 1430. The highest BCUT2D eigenvalue weighted by atomic mass is 16.2. The van der Waals surface area contributed by atoms with Crippen molar-refractivity contribution in [3.63, 3.8) is 0 Å². The van der Waals surface area contributed by atoms with Gasteiger partial charge in [0.05, 0.1) is 5.57 Å². The van der Waals surface area contributed by atoms with Crippen molar-refractivity contribution < 1.29 is 9.59 Å². The standard InChI is InChI=1S/C37H46N2O2/c1-23-13-16-37(39-32(41)25-11-9-8-10-12-25)18-17-36(7)30(27(37)19-23)24(2)20-29-34(5)21-26(22-38)31(40)33(3,4)28(34)14-15-35(29,36)6/h8-12,20-21,23,27-28,30H,2,13-19H2,1,3-7H3,(H,39,41)/t23-,27?,28-,30?,34-,35+,36+,37-/m0/s1. The number of rotatable bonds is 2. The van der Waals surface area contributed by atoms with E-state index in [1.165, 1.54) is 11.1 Å². The topological polar surface area (TPSA) is 70.0 Å². The Balaban J connectivity index is 1.46. The second-order valence-corrected chi connectivity index (χ2v) is 15.4. The Morgan fingerprint density at radius 2 is 1.73 bits per heavy atom. The van der Waals surface area contributed by atoms with Crippen molar-refractivity contribution >= 4 is 11.7 Å². The van der Waals surface area contributed by atoms with Crippen LogP contribution in [0.1, 0.15) is 96.8 Å². The van der Waals surface area contributed by atoms with Crippen molar-refractivity contribution in [3.8, 4) is 6.07 Å². The Morgan fingerprint density at radius 3 is 2.41 bits per heavy atom. The molecule has 0 saturated heterocycles. The van der Waals surface area contributed by atoms with Crippen LogP contribution in [0, 0.1) is 56.7 Å². The third-order valence-electron chi connectivity index (χ3n) is 13.1. The number of nitrogens with zero attached hydrogens (tertiary/aromatic N) is 1. The minimum absolute atomic E-state index is 0.0156. The van der Waals surface area contributed by atoms with Crippen LogP contribution in [0.3, 0.4) is 0 Å². The highest BCUT2D eigenvalue weighted by molar-refractivity contribution is 6.04. The average molecular weight is 551 g/mol. The quantitative estimate of drug-likeness (QED) is 0.406. The summed E-state index contributed by atoms with van der Waals surface area (Å²) in [5.41, 5.74) is 2.26. The highest BCUT2D eigenvalue weighted by Gasteiger charge is 2.68. The van der Waals surface area contributed by atoms with E-state index in [1.54, 1.807) is 0 Å². The van der Waals surface area contributed by atoms with Gasteiger partial charge >= 0.3 is 0 Å². The molecule has 0 spiro atoms. The van der Waals surface area contributed by atoms with E-state index in [0.29, 0.717) is 17.4 Å². The summed E-state index contributed by atoms with van der Waals surface area (Å²) in [6.07, 6.45) is 11.6. The Hall–Kier alpha value is -2.93. The first-order valence-corrected chi connectivity index (χ1v) is 15.7. The fraction of sp³-hybridized carbons (Fsp3) is 0.595. The lowest BCUT2D eigenvalue weighted by atomic mass is 9.35. The first-order valence-electron chi connectivity index (χ1n) is 15.7. The lowest BCUT2D eigenvalue weighted by Gasteiger charge is -2.70. The molecule has 4 nitrogen and oxygen atoms in total. The van der Waals surface area contributed by atoms with Crippen LogP contribution in [-0.2, 0) is 4.79 Å². The van der Waals surface area contributed by atoms with Crippen molar-refractivity contribution in [1.82, 2.24) is 5.32 Å². The van der Waals surface area contributed by atoms with E-state index in [2.05, 4.69) is 45.2 Å². The third kappa shape index (κ3) is 3.70. The maximum Gasteiger partial charge on any atom is 0.251 e. The maximum atomic E-state index is 13.6. The zero-order valence-electron chi connectivity index (χ0n) is 25.8. The van der Waals surface area contributed by atoms with E-state index in [4.69, 9.17) is 6.58 Å². The molecule has 0 bridgehead atoms. The van der Waals surface area contributed by atoms with Crippen LogP contribution >= 0.6 is 0 Å². The van der Waals surface area contributed by atoms with Gasteiger partial charge in [-0.1, -0.05) is 89.6 Å². The van der Waals surface area contributed by atoms with Gasteiger partial charge in [-0.2, -0.15) is 5.26 Å². The molecule has 8 atom stereocenters. The van der Waals surface area contributed by atoms with Crippen molar-refractivity contribution in [2.75, 3.05) is 0 Å². The number of carbonyl (C=O) groups excluding carboxylic acids is 2. The molecule has 0 heterocycles. The number of hydrogen-bond acceptors (Lipinski definition) is 3. The monoisotopic (exact) mass is 550 g/mol. The van der Waals surface area contributed by atoms with Gasteiger partial charge in [0, 0.05) is 21.9 Å². The van der Waals surface area contributed by atoms with E-state index in [0.717, 1.165) is 50.5 Å². The molecule has 1 aromatic carbocycles. The molecule has 1 amide bonds. The molecular formula is C37H46N2O2. The van der Waals surface area contributed by atoms with Gasteiger partial charge in [-0.25, -0.2) is 0 Å². The number of Topliss-reactive ketones (excluding diaryl/α,β-unsaturated/α-hetero) is 1. The molecule has 5 aliphatic carbocycles. The fourth-order valence-electron chi connectivity index (χ4n) is 10.8. The molecule has 1 aromatic rings. The molecule has 0 aliphatic heterocycles. The van der Waals surface area contributed by atoms with Crippen LogP contribution in [0.15, 0.2) is 65.8 Å². The summed E-state index contributed by atoms with van der Waals surface area (Å²) in [4.78, 5) is 26.9. The van der Waals surface area contributed by atoms with Gasteiger partial charge < -0.3 is 5.32 Å². The number of allylic oxidation sites excluding steroid dienone is 5. The van der Waals surface area contributed by atoms with Gasteiger partial charge in [-0.3, -0.25) is 9.59 Å². The number of nitriles is 1. The predicted octanol–water partition coefficient (Wildman–Crippen LogP) is 7.99. The Morgan fingerprint density at radius 1 is 1.02 bits per heavy atom. The van der Waals surface area contributed by atoms with Crippen molar-refractivity contribution in [2.45, 2.75) is 92.0 Å². The molecule has 0 aromatic heterocycles. The molecule has 4 heteroatoms. The second-order valence-electron chi connectivity index (χ2n) is 15.4. The van der Waals surface area contributed by atoms with E-state index in [-0.39, 0.29) is 45.3 Å². The molecule has 3 fully saturated rings. The smallest absolute Gasteiger partial charge is 0.251 e. The second kappa shape index (κ2) is 9.03. The van der Waals surface area contributed by atoms with E-state index in [9.17, 15) is 14.9 Å². The normalized spacial score (nSPS) is 42.8. The van der Waals surface area contributed by atoms with Gasteiger partial charge in [0.2, 0.25) is 0 Å². The lowest BCUT2D eigenvalue weighted by Crippen LogP contribution is -2.68. The first-order chi connectivity index (χ1) is 19.2. The molecule has 41 heavy (non-hydrogen) atoms. The van der Waals surface area contributed by atoms with Gasteiger partial charge in [0.1, 0.15) is 6.07 Å². The highest BCUT2D eigenvalue weighted by Crippen LogP contribution is 2.74. The largest absolute Gasteiger partial charge is 0.346 e. The summed E-state index contributed by atoms with van der Waals surface area (Å²) in [7, 11) is 0. The molecule has 2 unspecified atom stereocenters. The molecule has 216 valence electrons. The number of hydrogen-bond donors (Lipinski definition) is 1. The summed E-state index contributed by atoms with van der Waals surface area (Å²) >= 11 is 0. The molecule has 0 radical (unpaired) electrons. The summed E-state index contributed by atoms with van der Waals surface area (Å²) in [6.45, 7) is 18.5. The average Bonchev–Trinajstić information content (AvgIpc) is 2.93. The van der Waals surface area contributed by atoms with Crippen LogP contribution in [-0.4, -0.2) is 17.2 Å². The molecule has 6 rings (SSSR count). The summed E-state index contributed by atoms with van der Waals surface area (Å²) in [6, 6.07) is 11.9. The predicted molar refractivity (Wildman–Crippen MR) is 163 cm³/mol. The lowest BCUT2D eigenvalue weighted by molar-refractivity contribution is -0.137. The number of amides is 1. The zero-order chi connectivity index (χ0) is 29.6. The number of benzene rings is 1. The zero-order valence-corrected chi connectivity index (χ0v) is 25.8. The fourth-order valence-corrected chi connectivity index (χ4v) is 10.8. The van der Waals surface area contributed by atoms with Crippen LogP contribution in [0.5, 0.6) is 0 Å². The number of carbonyl (C=O) groups is 2. The summed E-state index contributed by atoms with van der Waals surface area (Å²) in [5.74, 6) is 1.36. The first kappa shape index (κ1) is 28.2. The van der Waals surface area contributed by atoms with Crippen molar-refractivity contribution in [3.05, 3.63) is 71.3 Å². The Kier molecular flexibility index (Phi) is 6.21. The van der Waals surface area contributed by atoms with Crippen molar-refractivity contribution in [2.24, 2.45) is 45.3 Å². The van der Waals surface area contributed by atoms with Crippen LogP contribution < -0.4 is 5.32 Å². The van der Waals surface area contributed by atoms with Crippen molar-refractivity contribution in [1.29, 1.82) is 5.26 Å². The number of ketones is 1. The van der Waals surface area contributed by atoms with Gasteiger partial charge in [-0.05, 0) is 91.6 Å². The van der Waals surface area contributed by atoms with Gasteiger partial charge in [0.15, 0.2) is 5.78 Å². The van der Waals surface area contributed by atoms with Crippen LogP contribution in [0.25, 0.3) is 0 Å². The van der Waals surface area contributed by atoms with Gasteiger partial charge in [-0.15, -0.1) is 0 Å². The molecular weight excluding hydrogens is 504 g/mol. The minimum Gasteiger partial charge on any atom is -0.346 e. The van der Waals surface area contributed by atoms with E-state index >= 15 is 0 Å². The molecule has 5 aliphatic rings. The molecule has 1 N–H and O–H groups in total. The number of fused-ring (bicyclic) bond motifs is 7.